The van der Waals surface area contributed by atoms with Crippen molar-refractivity contribution in [3.8, 4) is 0 Å². The fraction of sp³-hybridized carbons (Fsp3) is 0.667. The number of imide groups is 1. The van der Waals surface area contributed by atoms with Gasteiger partial charge in [-0.05, 0) is 12.3 Å². The van der Waals surface area contributed by atoms with Crippen molar-refractivity contribution in [1.29, 1.82) is 0 Å². The van der Waals surface area contributed by atoms with Gasteiger partial charge in [0.1, 0.15) is 12.6 Å². The van der Waals surface area contributed by atoms with E-state index in [1.807, 2.05) is 13.8 Å². The number of amides is 4. The van der Waals surface area contributed by atoms with E-state index in [4.69, 9.17) is 5.73 Å². The summed E-state index contributed by atoms with van der Waals surface area (Å²) in [5.74, 6) is -0.760. The lowest BCUT2D eigenvalue weighted by Crippen LogP contribution is -2.38. The van der Waals surface area contributed by atoms with E-state index in [-0.39, 0.29) is 12.5 Å². The van der Waals surface area contributed by atoms with Crippen molar-refractivity contribution in [3.05, 3.63) is 0 Å². The van der Waals surface area contributed by atoms with Crippen LogP contribution in [0.25, 0.3) is 0 Å². The molecule has 4 amide bonds. The van der Waals surface area contributed by atoms with Gasteiger partial charge in [0.25, 0.3) is 5.91 Å². The Balaban J connectivity index is 2.66. The van der Waals surface area contributed by atoms with Crippen LogP contribution in [0.2, 0.25) is 0 Å². The van der Waals surface area contributed by atoms with Gasteiger partial charge in [0.05, 0.1) is 0 Å². The van der Waals surface area contributed by atoms with E-state index >= 15 is 0 Å². The van der Waals surface area contributed by atoms with Gasteiger partial charge in [-0.15, -0.1) is 0 Å². The largest absolute Gasteiger partial charge is 0.368 e. The second-order valence-corrected chi connectivity index (χ2v) is 4.02. The molecule has 0 spiro atoms. The number of hydrogen-bond donors (Lipinski definition) is 2. The fourth-order valence-corrected chi connectivity index (χ4v) is 1.51. The molecule has 0 aromatic rings. The highest BCUT2D eigenvalue weighted by molar-refractivity contribution is 6.06. The number of urea groups is 1. The third kappa shape index (κ3) is 2.68. The molecule has 3 N–H and O–H groups in total. The summed E-state index contributed by atoms with van der Waals surface area (Å²) in [5, 5.41) is 2.52. The Morgan fingerprint density at radius 3 is 2.60 bits per heavy atom. The van der Waals surface area contributed by atoms with Crippen molar-refractivity contribution in [2.24, 2.45) is 11.7 Å². The highest BCUT2D eigenvalue weighted by Gasteiger charge is 2.38. The molecule has 6 heteroatoms. The lowest BCUT2D eigenvalue weighted by atomic mass is 10.0. The lowest BCUT2D eigenvalue weighted by molar-refractivity contribution is -0.131. The quantitative estimate of drug-likeness (QED) is 0.613. The van der Waals surface area contributed by atoms with Crippen LogP contribution in [-0.4, -0.2) is 35.3 Å². The molecule has 1 heterocycles. The highest BCUT2D eigenvalue weighted by atomic mass is 16.2. The minimum Gasteiger partial charge on any atom is -0.368 e. The maximum atomic E-state index is 11.6. The Labute approximate surface area is 87.8 Å². The number of carbonyl (C=O) groups excluding carboxylic acids is 3. The van der Waals surface area contributed by atoms with Crippen molar-refractivity contribution >= 4 is 17.8 Å². The fourth-order valence-electron chi connectivity index (χ4n) is 1.51. The minimum absolute atomic E-state index is 0.299. The summed E-state index contributed by atoms with van der Waals surface area (Å²) in [6.45, 7) is 3.56. The summed E-state index contributed by atoms with van der Waals surface area (Å²) in [5.41, 5.74) is 4.93. The van der Waals surface area contributed by atoms with Crippen molar-refractivity contribution in [2.75, 3.05) is 6.54 Å². The van der Waals surface area contributed by atoms with Crippen LogP contribution in [0, 0.1) is 5.92 Å². The van der Waals surface area contributed by atoms with Crippen LogP contribution < -0.4 is 11.1 Å². The summed E-state index contributed by atoms with van der Waals surface area (Å²) in [6.07, 6.45) is 0.569. The topological polar surface area (TPSA) is 92.5 Å². The van der Waals surface area contributed by atoms with Gasteiger partial charge in [-0.2, -0.15) is 0 Å². The van der Waals surface area contributed by atoms with Crippen LogP contribution in [-0.2, 0) is 9.59 Å². The molecule has 1 unspecified atom stereocenters. The van der Waals surface area contributed by atoms with Gasteiger partial charge in [-0.3, -0.25) is 14.5 Å². The maximum absolute atomic E-state index is 11.6. The van der Waals surface area contributed by atoms with Gasteiger partial charge >= 0.3 is 6.03 Å². The third-order valence-corrected chi connectivity index (χ3v) is 2.13. The van der Waals surface area contributed by atoms with Gasteiger partial charge in [0.2, 0.25) is 5.91 Å². The molecule has 0 saturated carbocycles. The molecule has 0 aromatic carbocycles. The smallest absolute Gasteiger partial charge is 0.325 e. The zero-order chi connectivity index (χ0) is 11.6. The van der Waals surface area contributed by atoms with Crippen LogP contribution in [0.15, 0.2) is 0 Å². The average Bonchev–Trinajstić information content (AvgIpc) is 2.31. The molecule has 15 heavy (non-hydrogen) atoms. The molecule has 0 aliphatic carbocycles. The zero-order valence-electron chi connectivity index (χ0n) is 8.82. The highest BCUT2D eigenvalue weighted by Crippen LogP contribution is 2.13. The second kappa shape index (κ2) is 4.29. The summed E-state index contributed by atoms with van der Waals surface area (Å²) in [7, 11) is 0. The van der Waals surface area contributed by atoms with E-state index in [1.165, 1.54) is 0 Å². The summed E-state index contributed by atoms with van der Waals surface area (Å²) in [6, 6.07) is -1.05. The van der Waals surface area contributed by atoms with Crippen molar-refractivity contribution in [3.63, 3.8) is 0 Å². The average molecular weight is 213 g/mol. The van der Waals surface area contributed by atoms with Crippen LogP contribution in [0.5, 0.6) is 0 Å². The van der Waals surface area contributed by atoms with E-state index < -0.39 is 18.0 Å². The van der Waals surface area contributed by atoms with Gasteiger partial charge in [-0.25, -0.2) is 4.79 Å². The number of primary amides is 1. The maximum Gasteiger partial charge on any atom is 0.325 e. The Hall–Kier alpha value is -1.59. The molecular weight excluding hydrogens is 198 g/mol. The zero-order valence-corrected chi connectivity index (χ0v) is 8.82. The second-order valence-electron chi connectivity index (χ2n) is 4.02. The first-order valence-electron chi connectivity index (χ1n) is 4.82. The third-order valence-electron chi connectivity index (χ3n) is 2.13. The van der Waals surface area contributed by atoms with Crippen LogP contribution in [0.3, 0.4) is 0 Å². The van der Waals surface area contributed by atoms with Gasteiger partial charge in [0.15, 0.2) is 0 Å². The molecule has 1 rings (SSSR count). The molecule has 1 aliphatic rings. The number of carbonyl (C=O) groups is 3. The summed E-state index contributed by atoms with van der Waals surface area (Å²) >= 11 is 0. The van der Waals surface area contributed by atoms with E-state index in [0.29, 0.717) is 12.3 Å². The lowest BCUT2D eigenvalue weighted by Gasteiger charge is -2.11. The normalized spacial score (nSPS) is 21.0. The Morgan fingerprint density at radius 1 is 1.53 bits per heavy atom. The molecule has 0 radical (unpaired) electrons. The van der Waals surface area contributed by atoms with E-state index in [9.17, 15) is 14.4 Å². The van der Waals surface area contributed by atoms with Crippen molar-refractivity contribution in [1.82, 2.24) is 10.2 Å². The van der Waals surface area contributed by atoms with Crippen molar-refractivity contribution in [2.45, 2.75) is 26.3 Å². The molecule has 1 fully saturated rings. The number of nitrogens with two attached hydrogens (primary N) is 1. The van der Waals surface area contributed by atoms with Crippen LogP contribution in [0.1, 0.15) is 20.3 Å². The molecule has 84 valence electrons. The molecule has 1 atom stereocenters. The predicted octanol–water partition coefficient (Wildman–Crippen LogP) is -0.562. The molecule has 0 bridgehead atoms. The van der Waals surface area contributed by atoms with Gasteiger partial charge in [0, 0.05) is 0 Å². The van der Waals surface area contributed by atoms with Crippen molar-refractivity contribution < 1.29 is 14.4 Å². The number of hydrogen-bond acceptors (Lipinski definition) is 3. The van der Waals surface area contributed by atoms with Crippen LogP contribution >= 0.6 is 0 Å². The standard InChI is InChI=1S/C9H15N3O3/c1-5(2)3-6-8(14)12(4-7(10)13)9(15)11-6/h5-6H,3-4H2,1-2H3,(H2,10,13)(H,11,15). The SMILES string of the molecule is CC(C)CC1NC(=O)N(CC(N)=O)C1=O. The Kier molecular flexibility index (Phi) is 3.28. The number of rotatable bonds is 4. The Morgan fingerprint density at radius 2 is 2.13 bits per heavy atom. The first-order chi connectivity index (χ1) is 6.91. The molecule has 0 aromatic heterocycles. The summed E-state index contributed by atoms with van der Waals surface area (Å²) in [4.78, 5) is 34.4. The number of nitrogens with one attached hydrogen (secondary N) is 1. The number of nitrogens with zero attached hydrogens (tertiary/aromatic N) is 1. The first-order valence-corrected chi connectivity index (χ1v) is 4.82. The first kappa shape index (κ1) is 11.5. The van der Waals surface area contributed by atoms with E-state index in [0.717, 1.165) is 4.90 Å². The molecular formula is C9H15N3O3. The van der Waals surface area contributed by atoms with E-state index in [2.05, 4.69) is 5.32 Å². The van der Waals surface area contributed by atoms with Crippen LogP contribution in [0.4, 0.5) is 4.79 Å². The Bertz CT molecular complexity index is 301. The van der Waals surface area contributed by atoms with Gasteiger partial charge in [-0.1, -0.05) is 13.8 Å². The molecule has 1 aliphatic heterocycles. The molecule has 1 saturated heterocycles. The van der Waals surface area contributed by atoms with Gasteiger partial charge < -0.3 is 11.1 Å². The molecule has 6 nitrogen and oxygen atoms in total. The van der Waals surface area contributed by atoms with E-state index in [1.54, 1.807) is 0 Å². The minimum atomic E-state index is -0.691. The summed E-state index contributed by atoms with van der Waals surface area (Å²) < 4.78 is 0. The monoisotopic (exact) mass is 213 g/mol. The predicted molar refractivity (Wildman–Crippen MR) is 52.7 cm³/mol.